The van der Waals surface area contributed by atoms with Crippen molar-refractivity contribution in [3.8, 4) is 11.8 Å². The lowest BCUT2D eigenvalue weighted by Crippen LogP contribution is -2.27. The third-order valence-electron chi connectivity index (χ3n) is 5.84. The molecule has 1 amide bonds. The number of carbonyl (C=O) groups excluding carboxylic acids is 2. The molecule has 0 spiro atoms. The van der Waals surface area contributed by atoms with E-state index in [4.69, 9.17) is 11.6 Å². The van der Waals surface area contributed by atoms with E-state index in [0.29, 0.717) is 41.6 Å². The van der Waals surface area contributed by atoms with Crippen LogP contribution in [0.25, 0.3) is 5.69 Å². The normalized spacial score (nSPS) is 10.6. The number of rotatable bonds is 10. The van der Waals surface area contributed by atoms with E-state index in [-0.39, 0.29) is 35.2 Å². The molecule has 1 heterocycles. The molecule has 7 nitrogen and oxygen atoms in total. The molecule has 0 aliphatic carbocycles. The molecule has 9 heteroatoms. The van der Waals surface area contributed by atoms with E-state index >= 15 is 0 Å². The zero-order valence-corrected chi connectivity index (χ0v) is 21.4. The number of aromatic nitrogens is 2. The van der Waals surface area contributed by atoms with Gasteiger partial charge in [-0.05, 0) is 55.3 Å². The van der Waals surface area contributed by atoms with E-state index in [0.717, 1.165) is 11.1 Å². The van der Waals surface area contributed by atoms with Gasteiger partial charge in [-0.3, -0.25) is 9.59 Å². The van der Waals surface area contributed by atoms with Crippen molar-refractivity contribution in [2.45, 2.75) is 19.8 Å². The first-order valence-corrected chi connectivity index (χ1v) is 12.4. The Bertz CT molecular complexity index is 1470. The van der Waals surface area contributed by atoms with E-state index in [1.54, 1.807) is 48.5 Å². The molecule has 4 rings (SSSR count). The SMILES string of the molecule is Cc1ccc(C(=O)c2nn(-c3ccc(Cl)cc3)c(NCCCNC(=O)Cc3ccc(F)cc3)c2C#N)cc1. The van der Waals surface area contributed by atoms with Gasteiger partial charge in [-0.15, -0.1) is 0 Å². The number of amides is 1. The molecular formula is C29H25ClFN5O2. The van der Waals surface area contributed by atoms with Gasteiger partial charge in [-0.1, -0.05) is 53.6 Å². The van der Waals surface area contributed by atoms with Gasteiger partial charge in [0.1, 0.15) is 23.3 Å². The third-order valence-corrected chi connectivity index (χ3v) is 6.10. The second kappa shape index (κ2) is 12.2. The fraction of sp³-hybridized carbons (Fsp3) is 0.172. The first-order chi connectivity index (χ1) is 18.4. The Hall–Kier alpha value is -4.48. The van der Waals surface area contributed by atoms with Crippen LogP contribution < -0.4 is 10.6 Å². The monoisotopic (exact) mass is 529 g/mol. The summed E-state index contributed by atoms with van der Waals surface area (Å²) >= 11 is 6.04. The van der Waals surface area contributed by atoms with Crippen LogP contribution in [0.5, 0.6) is 0 Å². The lowest BCUT2D eigenvalue weighted by atomic mass is 10.0. The molecule has 0 saturated carbocycles. The number of hydrogen-bond acceptors (Lipinski definition) is 5. The van der Waals surface area contributed by atoms with Crippen LogP contribution in [0.4, 0.5) is 10.2 Å². The minimum absolute atomic E-state index is 0.0430. The van der Waals surface area contributed by atoms with Crippen molar-refractivity contribution in [3.63, 3.8) is 0 Å². The first kappa shape index (κ1) is 26.6. The average Bonchev–Trinajstić information content (AvgIpc) is 3.28. The van der Waals surface area contributed by atoms with Crippen molar-refractivity contribution in [2.24, 2.45) is 0 Å². The molecule has 3 aromatic carbocycles. The Morgan fingerprint density at radius 1 is 1.00 bits per heavy atom. The number of nitriles is 1. The van der Waals surface area contributed by atoms with Crippen LogP contribution in [0, 0.1) is 24.1 Å². The largest absolute Gasteiger partial charge is 0.369 e. The molecule has 0 aliphatic rings. The van der Waals surface area contributed by atoms with E-state index in [9.17, 15) is 19.2 Å². The predicted molar refractivity (Wildman–Crippen MR) is 144 cm³/mol. The van der Waals surface area contributed by atoms with Gasteiger partial charge in [0.15, 0.2) is 5.69 Å². The summed E-state index contributed by atoms with van der Waals surface area (Å²) in [4.78, 5) is 25.5. The molecule has 2 N–H and O–H groups in total. The highest BCUT2D eigenvalue weighted by Gasteiger charge is 2.25. The smallest absolute Gasteiger partial charge is 0.224 e. The summed E-state index contributed by atoms with van der Waals surface area (Å²) in [6, 6.07) is 21.9. The molecular weight excluding hydrogens is 505 g/mol. The Kier molecular flexibility index (Phi) is 8.51. The first-order valence-electron chi connectivity index (χ1n) is 12.0. The van der Waals surface area contributed by atoms with Crippen LogP contribution in [0.1, 0.15) is 39.2 Å². The Morgan fingerprint density at radius 3 is 2.34 bits per heavy atom. The number of aryl methyl sites for hydroxylation is 1. The van der Waals surface area contributed by atoms with Gasteiger partial charge in [0.05, 0.1) is 12.1 Å². The quantitative estimate of drug-likeness (QED) is 0.216. The van der Waals surface area contributed by atoms with Crippen LogP contribution in [0.2, 0.25) is 5.02 Å². The second-order valence-electron chi connectivity index (χ2n) is 8.70. The van der Waals surface area contributed by atoms with Crippen molar-refractivity contribution >= 4 is 29.1 Å². The summed E-state index contributed by atoms with van der Waals surface area (Å²) in [7, 11) is 0. The van der Waals surface area contributed by atoms with Gasteiger partial charge in [-0.25, -0.2) is 9.07 Å². The summed E-state index contributed by atoms with van der Waals surface area (Å²) in [5.41, 5.74) is 2.97. The van der Waals surface area contributed by atoms with Gasteiger partial charge in [0.2, 0.25) is 11.7 Å². The van der Waals surface area contributed by atoms with Crippen molar-refractivity contribution in [3.05, 3.63) is 112 Å². The number of benzene rings is 3. The summed E-state index contributed by atoms with van der Waals surface area (Å²) < 4.78 is 14.6. The summed E-state index contributed by atoms with van der Waals surface area (Å²) in [6.07, 6.45) is 0.702. The lowest BCUT2D eigenvalue weighted by molar-refractivity contribution is -0.120. The maximum atomic E-state index is 13.3. The molecule has 0 fully saturated rings. The summed E-state index contributed by atoms with van der Waals surface area (Å²) in [6.45, 7) is 2.72. The van der Waals surface area contributed by atoms with Crippen LogP contribution in [-0.4, -0.2) is 34.6 Å². The van der Waals surface area contributed by atoms with E-state index < -0.39 is 0 Å². The van der Waals surface area contributed by atoms with E-state index in [2.05, 4.69) is 21.8 Å². The standard InChI is InChI=1S/C29H25ClFN5O2/c1-19-3-7-21(8-4-19)28(38)27-25(18-32)29(36(35-27)24-13-9-22(30)10-14-24)34-16-2-15-33-26(37)17-20-5-11-23(31)12-6-20/h3-14,34H,2,15-17H2,1H3,(H,33,37). The number of nitrogens with zero attached hydrogens (tertiary/aromatic N) is 3. The minimum Gasteiger partial charge on any atom is -0.369 e. The van der Waals surface area contributed by atoms with Gasteiger partial charge in [0, 0.05) is 23.7 Å². The molecule has 0 aliphatic heterocycles. The molecule has 1 aromatic heterocycles. The van der Waals surface area contributed by atoms with Crippen molar-refractivity contribution < 1.29 is 14.0 Å². The fourth-order valence-corrected chi connectivity index (χ4v) is 3.96. The predicted octanol–water partition coefficient (Wildman–Crippen LogP) is 5.24. The fourth-order valence-electron chi connectivity index (χ4n) is 3.83. The number of anilines is 1. The summed E-state index contributed by atoms with van der Waals surface area (Å²) in [5, 5.41) is 21.1. The third kappa shape index (κ3) is 6.44. The van der Waals surface area contributed by atoms with Crippen LogP contribution in [0.3, 0.4) is 0 Å². The highest BCUT2D eigenvalue weighted by Crippen LogP contribution is 2.26. The Labute approximate surface area is 224 Å². The van der Waals surface area contributed by atoms with Crippen molar-refractivity contribution in [1.29, 1.82) is 5.26 Å². The number of ketones is 1. The number of nitrogens with one attached hydrogen (secondary N) is 2. The lowest BCUT2D eigenvalue weighted by Gasteiger charge is -2.11. The van der Waals surface area contributed by atoms with Crippen molar-refractivity contribution in [1.82, 2.24) is 15.1 Å². The molecule has 0 unspecified atom stereocenters. The Balaban J connectivity index is 1.48. The van der Waals surface area contributed by atoms with Crippen molar-refractivity contribution in [2.75, 3.05) is 18.4 Å². The maximum Gasteiger partial charge on any atom is 0.224 e. The van der Waals surface area contributed by atoms with Gasteiger partial charge >= 0.3 is 0 Å². The number of carbonyl (C=O) groups is 2. The molecule has 0 radical (unpaired) electrons. The minimum atomic E-state index is -0.356. The maximum absolute atomic E-state index is 13.3. The van der Waals surface area contributed by atoms with Gasteiger partial charge in [-0.2, -0.15) is 10.4 Å². The molecule has 0 bridgehead atoms. The highest BCUT2D eigenvalue weighted by molar-refractivity contribution is 6.30. The van der Waals surface area contributed by atoms with Gasteiger partial charge < -0.3 is 10.6 Å². The number of hydrogen-bond donors (Lipinski definition) is 2. The van der Waals surface area contributed by atoms with Crippen LogP contribution >= 0.6 is 11.6 Å². The zero-order valence-electron chi connectivity index (χ0n) is 20.7. The highest BCUT2D eigenvalue weighted by atomic mass is 35.5. The Morgan fingerprint density at radius 2 is 1.68 bits per heavy atom. The molecule has 4 aromatic rings. The summed E-state index contributed by atoms with van der Waals surface area (Å²) in [5.74, 6) is -0.502. The molecule has 0 atom stereocenters. The average molecular weight is 530 g/mol. The van der Waals surface area contributed by atoms with Crippen LogP contribution in [0.15, 0.2) is 72.8 Å². The molecule has 38 heavy (non-hydrogen) atoms. The molecule has 192 valence electrons. The second-order valence-corrected chi connectivity index (χ2v) is 9.14. The topological polar surface area (TPSA) is 99.8 Å². The van der Waals surface area contributed by atoms with Gasteiger partial charge in [0.25, 0.3) is 0 Å². The van der Waals surface area contributed by atoms with E-state index in [1.165, 1.54) is 16.8 Å². The van der Waals surface area contributed by atoms with E-state index in [1.807, 2.05) is 19.1 Å². The zero-order chi connectivity index (χ0) is 27.1. The number of halogens is 2. The molecule has 0 saturated heterocycles. The van der Waals surface area contributed by atoms with Crippen LogP contribution in [-0.2, 0) is 11.2 Å².